The number of amides is 1. The molecule has 0 aromatic carbocycles. The van der Waals surface area contributed by atoms with Crippen LogP contribution in [0.25, 0.3) is 0 Å². The zero-order valence-corrected chi connectivity index (χ0v) is 11.0. The zero-order chi connectivity index (χ0) is 11.6. The van der Waals surface area contributed by atoms with Gasteiger partial charge in [-0.3, -0.25) is 4.79 Å². The van der Waals surface area contributed by atoms with Crippen LogP contribution in [0.4, 0.5) is 0 Å². The Morgan fingerprint density at radius 1 is 1.53 bits per heavy atom. The normalized spacial score (nSPS) is 27.9. The summed E-state index contributed by atoms with van der Waals surface area (Å²) in [7, 11) is 0. The van der Waals surface area contributed by atoms with Crippen LogP contribution in [0.1, 0.15) is 40.5 Å². The average Bonchev–Trinajstić information content (AvgIpc) is 2.21. The summed E-state index contributed by atoms with van der Waals surface area (Å²) < 4.78 is 0. The van der Waals surface area contributed by atoms with Crippen molar-refractivity contribution in [3.05, 3.63) is 0 Å². The van der Waals surface area contributed by atoms with Gasteiger partial charge in [0.25, 0.3) is 0 Å². The van der Waals surface area contributed by atoms with E-state index in [4.69, 9.17) is 11.6 Å². The molecule has 0 spiro atoms. The van der Waals surface area contributed by atoms with E-state index in [0.717, 1.165) is 25.9 Å². The maximum Gasteiger partial charge on any atom is 0.228 e. The molecule has 0 saturated carbocycles. The summed E-state index contributed by atoms with van der Waals surface area (Å²) in [5.41, 5.74) is -0.223. The van der Waals surface area contributed by atoms with Gasteiger partial charge in [0.1, 0.15) is 0 Å². The molecule has 1 amide bonds. The molecule has 1 aliphatic rings. The van der Waals surface area contributed by atoms with Crippen LogP contribution >= 0.6 is 11.6 Å². The summed E-state index contributed by atoms with van der Waals surface area (Å²) >= 11 is 6.15. The second-order valence-electron chi connectivity index (χ2n) is 5.27. The number of hydrogen-bond donors (Lipinski definition) is 0. The smallest absolute Gasteiger partial charge is 0.228 e. The van der Waals surface area contributed by atoms with Crippen molar-refractivity contribution >= 4 is 17.5 Å². The fourth-order valence-electron chi connectivity index (χ4n) is 1.88. The molecule has 1 saturated heterocycles. The first-order valence-corrected chi connectivity index (χ1v) is 6.25. The molecule has 15 heavy (non-hydrogen) atoms. The molecule has 0 bridgehead atoms. The maximum absolute atomic E-state index is 12.2. The number of halogens is 1. The lowest BCUT2D eigenvalue weighted by atomic mass is 9.87. The van der Waals surface area contributed by atoms with Crippen molar-refractivity contribution in [2.45, 2.75) is 45.9 Å². The molecule has 88 valence electrons. The molecule has 0 radical (unpaired) electrons. The molecule has 1 heterocycles. The van der Waals surface area contributed by atoms with Crippen LogP contribution in [-0.4, -0.2) is 29.3 Å². The van der Waals surface area contributed by atoms with Gasteiger partial charge in [-0.2, -0.15) is 0 Å². The van der Waals surface area contributed by atoms with E-state index in [-0.39, 0.29) is 16.7 Å². The van der Waals surface area contributed by atoms with E-state index in [1.165, 1.54) is 0 Å². The van der Waals surface area contributed by atoms with Gasteiger partial charge in [0.05, 0.1) is 0 Å². The number of piperidine rings is 1. The Morgan fingerprint density at radius 2 is 2.13 bits per heavy atom. The molecule has 2 nitrogen and oxygen atoms in total. The standard InChI is InChI=1S/C12H22ClNO/c1-5-12(3,4)11(15)14-7-6-10(13)9(2)8-14/h9-10H,5-8H2,1-4H3. The molecule has 0 N–H and O–H groups in total. The minimum absolute atomic E-state index is 0.223. The topological polar surface area (TPSA) is 20.3 Å². The lowest BCUT2D eigenvalue weighted by molar-refractivity contribution is -0.142. The lowest BCUT2D eigenvalue weighted by Gasteiger charge is -2.38. The highest BCUT2D eigenvalue weighted by Crippen LogP contribution is 2.28. The van der Waals surface area contributed by atoms with Crippen molar-refractivity contribution in [1.29, 1.82) is 0 Å². The van der Waals surface area contributed by atoms with Crippen molar-refractivity contribution < 1.29 is 4.79 Å². The Labute approximate surface area is 98.0 Å². The van der Waals surface area contributed by atoms with Crippen LogP contribution in [0, 0.1) is 11.3 Å². The quantitative estimate of drug-likeness (QED) is 0.670. The number of carbonyl (C=O) groups excluding carboxylic acids is 1. The van der Waals surface area contributed by atoms with Crippen molar-refractivity contribution in [2.75, 3.05) is 13.1 Å². The molecule has 0 aromatic heterocycles. The second kappa shape index (κ2) is 4.73. The number of hydrogen-bond acceptors (Lipinski definition) is 1. The lowest BCUT2D eigenvalue weighted by Crippen LogP contribution is -2.48. The monoisotopic (exact) mass is 231 g/mol. The van der Waals surface area contributed by atoms with Crippen LogP contribution in [0.5, 0.6) is 0 Å². The Bertz CT molecular complexity index is 240. The Kier molecular flexibility index (Phi) is 4.05. The van der Waals surface area contributed by atoms with Gasteiger partial charge in [0.2, 0.25) is 5.91 Å². The first kappa shape index (κ1) is 12.8. The summed E-state index contributed by atoms with van der Waals surface area (Å²) in [5.74, 6) is 0.692. The number of nitrogens with zero attached hydrogens (tertiary/aromatic N) is 1. The van der Waals surface area contributed by atoms with Gasteiger partial charge in [-0.25, -0.2) is 0 Å². The van der Waals surface area contributed by atoms with E-state index in [2.05, 4.69) is 13.8 Å². The summed E-state index contributed by atoms with van der Waals surface area (Å²) in [6, 6.07) is 0. The fourth-order valence-corrected chi connectivity index (χ4v) is 2.06. The molecule has 2 atom stereocenters. The summed E-state index contributed by atoms with van der Waals surface area (Å²) in [4.78, 5) is 14.2. The van der Waals surface area contributed by atoms with E-state index >= 15 is 0 Å². The van der Waals surface area contributed by atoms with Crippen molar-refractivity contribution in [2.24, 2.45) is 11.3 Å². The molecule has 1 rings (SSSR count). The van der Waals surface area contributed by atoms with E-state index in [1.54, 1.807) is 0 Å². The van der Waals surface area contributed by atoms with Crippen LogP contribution in [-0.2, 0) is 4.79 Å². The molecule has 0 aromatic rings. The maximum atomic E-state index is 12.2. The van der Waals surface area contributed by atoms with Gasteiger partial charge in [-0.05, 0) is 18.8 Å². The summed E-state index contributed by atoms with van der Waals surface area (Å²) in [6.45, 7) is 9.86. The fraction of sp³-hybridized carbons (Fsp3) is 0.917. The van der Waals surface area contributed by atoms with Gasteiger partial charge < -0.3 is 4.90 Å². The highest BCUT2D eigenvalue weighted by atomic mass is 35.5. The zero-order valence-electron chi connectivity index (χ0n) is 10.2. The summed E-state index contributed by atoms with van der Waals surface area (Å²) in [6.07, 6.45) is 1.81. The largest absolute Gasteiger partial charge is 0.342 e. The Morgan fingerprint density at radius 3 is 2.60 bits per heavy atom. The van der Waals surface area contributed by atoms with Gasteiger partial charge in [0, 0.05) is 23.9 Å². The van der Waals surface area contributed by atoms with Gasteiger partial charge >= 0.3 is 0 Å². The first-order valence-electron chi connectivity index (χ1n) is 5.82. The number of rotatable bonds is 2. The third-order valence-corrected chi connectivity index (χ3v) is 4.20. The van der Waals surface area contributed by atoms with Crippen molar-refractivity contribution in [3.8, 4) is 0 Å². The predicted octanol–water partition coefficient (Wildman–Crippen LogP) is 2.90. The van der Waals surface area contributed by atoms with Crippen LogP contribution < -0.4 is 0 Å². The van der Waals surface area contributed by atoms with E-state index in [0.29, 0.717) is 5.92 Å². The first-order chi connectivity index (χ1) is 6.88. The Hall–Kier alpha value is -0.240. The molecule has 1 fully saturated rings. The third kappa shape index (κ3) is 2.87. The van der Waals surface area contributed by atoms with Crippen LogP contribution in [0.2, 0.25) is 0 Å². The Balaban J connectivity index is 2.62. The molecule has 0 aliphatic carbocycles. The molecule has 2 unspecified atom stereocenters. The number of carbonyl (C=O) groups is 1. The predicted molar refractivity (Wildman–Crippen MR) is 64.1 cm³/mol. The van der Waals surface area contributed by atoms with Gasteiger partial charge in [0.15, 0.2) is 0 Å². The average molecular weight is 232 g/mol. The third-order valence-electron chi connectivity index (χ3n) is 3.55. The minimum Gasteiger partial charge on any atom is -0.342 e. The molecular weight excluding hydrogens is 210 g/mol. The van der Waals surface area contributed by atoms with Crippen molar-refractivity contribution in [1.82, 2.24) is 4.90 Å². The van der Waals surface area contributed by atoms with Crippen molar-refractivity contribution in [3.63, 3.8) is 0 Å². The number of alkyl halides is 1. The highest BCUT2D eigenvalue weighted by molar-refractivity contribution is 6.20. The molecular formula is C12H22ClNO. The highest BCUT2D eigenvalue weighted by Gasteiger charge is 2.34. The van der Waals surface area contributed by atoms with E-state index in [9.17, 15) is 4.79 Å². The van der Waals surface area contributed by atoms with Gasteiger partial charge in [-0.15, -0.1) is 11.6 Å². The van der Waals surface area contributed by atoms with Crippen LogP contribution in [0.15, 0.2) is 0 Å². The van der Waals surface area contributed by atoms with E-state index in [1.807, 2.05) is 18.7 Å². The summed E-state index contributed by atoms with van der Waals surface area (Å²) in [5, 5.41) is 0.235. The SMILES string of the molecule is CCC(C)(C)C(=O)N1CCC(Cl)C(C)C1. The second-order valence-corrected chi connectivity index (χ2v) is 5.83. The molecule has 3 heteroatoms. The number of likely N-dealkylation sites (tertiary alicyclic amines) is 1. The van der Waals surface area contributed by atoms with E-state index < -0.39 is 0 Å². The van der Waals surface area contributed by atoms with Crippen LogP contribution in [0.3, 0.4) is 0 Å². The minimum atomic E-state index is -0.223. The molecule has 1 aliphatic heterocycles. The van der Waals surface area contributed by atoms with Gasteiger partial charge in [-0.1, -0.05) is 27.7 Å².